The summed E-state index contributed by atoms with van der Waals surface area (Å²) in [5, 5.41) is 8.89. The number of carbonyl (C=O) groups is 3. The van der Waals surface area contributed by atoms with Crippen molar-refractivity contribution < 1.29 is 19.5 Å². The minimum Gasteiger partial charge on any atom is -0.481 e. The quantitative estimate of drug-likeness (QED) is 0.813. The van der Waals surface area contributed by atoms with E-state index in [-0.39, 0.29) is 12.5 Å². The van der Waals surface area contributed by atoms with Gasteiger partial charge in [0, 0.05) is 12.1 Å². The Morgan fingerprint density at radius 3 is 2.71 bits per heavy atom. The predicted octanol–water partition coefficient (Wildman–Crippen LogP) is 0.923. The van der Waals surface area contributed by atoms with Crippen LogP contribution in [0.25, 0.3) is 0 Å². The highest BCUT2D eigenvalue weighted by atomic mass is 16.4. The molecule has 0 saturated carbocycles. The molecule has 0 aliphatic carbocycles. The van der Waals surface area contributed by atoms with Crippen molar-refractivity contribution in [3.63, 3.8) is 0 Å². The van der Waals surface area contributed by atoms with Gasteiger partial charge in [-0.2, -0.15) is 0 Å². The van der Waals surface area contributed by atoms with Crippen molar-refractivity contribution in [2.75, 3.05) is 0 Å². The number of aryl methyl sites for hydroxylation is 1. The Kier molecular flexibility index (Phi) is 4.26. The zero-order valence-electron chi connectivity index (χ0n) is 11.8. The number of primary amides is 1. The summed E-state index contributed by atoms with van der Waals surface area (Å²) in [4.78, 5) is 36.0. The average molecular weight is 290 g/mol. The molecular formula is C15H18N2O4. The van der Waals surface area contributed by atoms with E-state index in [2.05, 4.69) is 0 Å². The molecule has 2 rings (SSSR count). The van der Waals surface area contributed by atoms with Gasteiger partial charge in [0.2, 0.25) is 5.91 Å². The fourth-order valence-corrected chi connectivity index (χ4v) is 2.70. The summed E-state index contributed by atoms with van der Waals surface area (Å²) in [5.74, 6) is -2.28. The molecule has 1 unspecified atom stereocenters. The largest absolute Gasteiger partial charge is 0.481 e. The van der Waals surface area contributed by atoms with Crippen LogP contribution >= 0.6 is 0 Å². The molecule has 112 valence electrons. The Labute approximate surface area is 122 Å². The lowest BCUT2D eigenvalue weighted by molar-refractivity contribution is -0.140. The molecule has 0 spiro atoms. The maximum absolute atomic E-state index is 12.4. The van der Waals surface area contributed by atoms with Gasteiger partial charge in [-0.1, -0.05) is 25.5 Å². The molecule has 21 heavy (non-hydrogen) atoms. The first kappa shape index (κ1) is 15.0. The molecule has 0 fully saturated rings. The highest BCUT2D eigenvalue weighted by Crippen LogP contribution is 2.29. The van der Waals surface area contributed by atoms with Gasteiger partial charge in [-0.05, 0) is 23.6 Å². The standard InChI is InChI=1S/C15H18N2O4/c1-2-4-9-5-3-6-10-11(9)8-17(15(10)21)12(14(16)20)7-13(18)19/h3,5-6,12H,2,4,7-8H2,1H3,(H2,16,20)(H,18,19). The van der Waals surface area contributed by atoms with Crippen LogP contribution in [0.2, 0.25) is 0 Å². The molecule has 0 radical (unpaired) electrons. The van der Waals surface area contributed by atoms with Crippen LogP contribution in [0, 0.1) is 0 Å². The van der Waals surface area contributed by atoms with Gasteiger partial charge < -0.3 is 15.7 Å². The molecule has 2 amide bonds. The molecular weight excluding hydrogens is 272 g/mol. The van der Waals surface area contributed by atoms with E-state index in [9.17, 15) is 14.4 Å². The van der Waals surface area contributed by atoms with Crippen molar-refractivity contribution in [3.8, 4) is 0 Å². The maximum Gasteiger partial charge on any atom is 0.305 e. The molecule has 1 aliphatic rings. The topological polar surface area (TPSA) is 101 Å². The zero-order chi connectivity index (χ0) is 15.6. The van der Waals surface area contributed by atoms with E-state index in [1.165, 1.54) is 4.90 Å². The van der Waals surface area contributed by atoms with Gasteiger partial charge in [-0.3, -0.25) is 14.4 Å². The highest BCUT2D eigenvalue weighted by Gasteiger charge is 2.37. The van der Waals surface area contributed by atoms with E-state index in [1.807, 2.05) is 19.1 Å². The molecule has 1 heterocycles. The van der Waals surface area contributed by atoms with E-state index in [0.717, 1.165) is 24.0 Å². The summed E-state index contributed by atoms with van der Waals surface area (Å²) in [6.07, 6.45) is 1.31. The zero-order valence-corrected chi connectivity index (χ0v) is 11.8. The van der Waals surface area contributed by atoms with E-state index in [0.29, 0.717) is 5.56 Å². The number of carboxylic acid groups (broad SMARTS) is 1. The SMILES string of the molecule is CCCc1cccc2c1CN(C(CC(=O)O)C(N)=O)C2=O. The number of nitrogens with two attached hydrogens (primary N) is 1. The second-order valence-corrected chi connectivity index (χ2v) is 5.14. The third-order valence-corrected chi connectivity index (χ3v) is 3.68. The Hall–Kier alpha value is -2.37. The second-order valence-electron chi connectivity index (χ2n) is 5.14. The minimum absolute atomic E-state index is 0.241. The first-order chi connectivity index (χ1) is 9.95. The van der Waals surface area contributed by atoms with Gasteiger partial charge >= 0.3 is 5.97 Å². The fourth-order valence-electron chi connectivity index (χ4n) is 2.70. The lowest BCUT2D eigenvalue weighted by Crippen LogP contribution is -2.46. The van der Waals surface area contributed by atoms with Crippen molar-refractivity contribution in [1.82, 2.24) is 4.90 Å². The number of fused-ring (bicyclic) bond motifs is 1. The molecule has 1 aromatic carbocycles. The van der Waals surface area contributed by atoms with Crippen molar-refractivity contribution >= 4 is 17.8 Å². The van der Waals surface area contributed by atoms with Gasteiger partial charge in [0.25, 0.3) is 5.91 Å². The molecule has 1 aromatic rings. The van der Waals surface area contributed by atoms with E-state index in [1.54, 1.807) is 6.07 Å². The van der Waals surface area contributed by atoms with Crippen LogP contribution < -0.4 is 5.73 Å². The Bertz CT molecular complexity index is 597. The minimum atomic E-state index is -1.16. The number of hydrogen-bond donors (Lipinski definition) is 2. The van der Waals surface area contributed by atoms with E-state index < -0.39 is 24.3 Å². The molecule has 6 heteroatoms. The number of hydrogen-bond acceptors (Lipinski definition) is 3. The Morgan fingerprint density at radius 2 is 2.14 bits per heavy atom. The van der Waals surface area contributed by atoms with Gasteiger partial charge in [0.05, 0.1) is 6.42 Å². The van der Waals surface area contributed by atoms with E-state index >= 15 is 0 Å². The molecule has 0 aromatic heterocycles. The van der Waals surface area contributed by atoms with Gasteiger partial charge in [0.15, 0.2) is 0 Å². The van der Waals surface area contributed by atoms with Crippen LogP contribution in [0.3, 0.4) is 0 Å². The third-order valence-electron chi connectivity index (χ3n) is 3.68. The van der Waals surface area contributed by atoms with Crippen LogP contribution in [0.15, 0.2) is 18.2 Å². The maximum atomic E-state index is 12.4. The summed E-state index contributed by atoms with van der Waals surface area (Å²) in [6.45, 7) is 2.29. The number of rotatable bonds is 6. The number of carbonyl (C=O) groups excluding carboxylic acids is 2. The van der Waals surface area contributed by atoms with Crippen molar-refractivity contribution in [1.29, 1.82) is 0 Å². The molecule has 3 N–H and O–H groups in total. The monoisotopic (exact) mass is 290 g/mol. The first-order valence-electron chi connectivity index (χ1n) is 6.88. The summed E-state index contributed by atoms with van der Waals surface area (Å²) < 4.78 is 0. The fraction of sp³-hybridized carbons (Fsp3) is 0.400. The number of nitrogens with zero attached hydrogens (tertiary/aromatic N) is 1. The molecule has 1 aliphatic heterocycles. The lowest BCUT2D eigenvalue weighted by Gasteiger charge is -2.23. The number of amides is 2. The van der Waals surface area contributed by atoms with Crippen LogP contribution in [0.5, 0.6) is 0 Å². The van der Waals surface area contributed by atoms with Crippen molar-refractivity contribution in [2.24, 2.45) is 5.73 Å². The summed E-state index contributed by atoms with van der Waals surface area (Å²) >= 11 is 0. The Balaban J connectivity index is 2.34. The number of carboxylic acids is 1. The smallest absolute Gasteiger partial charge is 0.305 e. The summed E-state index contributed by atoms with van der Waals surface area (Å²) in [5.41, 5.74) is 7.74. The summed E-state index contributed by atoms with van der Waals surface area (Å²) in [7, 11) is 0. The molecule has 0 saturated heterocycles. The third kappa shape index (κ3) is 2.89. The number of benzene rings is 1. The van der Waals surface area contributed by atoms with E-state index in [4.69, 9.17) is 10.8 Å². The van der Waals surface area contributed by atoms with Gasteiger partial charge in [-0.25, -0.2) is 0 Å². The van der Waals surface area contributed by atoms with Crippen LogP contribution in [0.4, 0.5) is 0 Å². The second kappa shape index (κ2) is 5.95. The summed E-state index contributed by atoms with van der Waals surface area (Å²) in [6, 6.07) is 4.35. The lowest BCUT2D eigenvalue weighted by atomic mass is 10.00. The molecule has 1 atom stereocenters. The van der Waals surface area contributed by atoms with Crippen molar-refractivity contribution in [2.45, 2.75) is 38.8 Å². The van der Waals surface area contributed by atoms with Crippen LogP contribution in [0.1, 0.15) is 41.3 Å². The average Bonchev–Trinajstić information content (AvgIpc) is 2.75. The van der Waals surface area contributed by atoms with Gasteiger partial charge in [0.1, 0.15) is 6.04 Å². The number of aliphatic carboxylic acids is 1. The normalized spacial score (nSPS) is 14.9. The van der Waals surface area contributed by atoms with Crippen LogP contribution in [-0.4, -0.2) is 33.8 Å². The Morgan fingerprint density at radius 1 is 1.43 bits per heavy atom. The molecule has 0 bridgehead atoms. The molecule has 6 nitrogen and oxygen atoms in total. The van der Waals surface area contributed by atoms with Gasteiger partial charge in [-0.15, -0.1) is 0 Å². The highest BCUT2D eigenvalue weighted by molar-refractivity contribution is 6.01. The predicted molar refractivity (Wildman–Crippen MR) is 75.5 cm³/mol. The van der Waals surface area contributed by atoms with Crippen molar-refractivity contribution in [3.05, 3.63) is 34.9 Å². The van der Waals surface area contributed by atoms with Crippen LogP contribution in [-0.2, 0) is 22.6 Å². The first-order valence-corrected chi connectivity index (χ1v) is 6.88.